The molecule has 0 aliphatic carbocycles. The maximum Gasteiger partial charge on any atom is 0.277 e. The van der Waals surface area contributed by atoms with E-state index in [1.54, 1.807) is 7.11 Å². The molecule has 1 aromatic carbocycles. The van der Waals surface area contributed by atoms with E-state index >= 15 is 0 Å². The molecule has 1 aromatic rings. The molecule has 4 heteroatoms. The van der Waals surface area contributed by atoms with Crippen molar-refractivity contribution in [3.05, 3.63) is 29.8 Å². The minimum absolute atomic E-state index is 0.0769. The van der Waals surface area contributed by atoms with Gasteiger partial charge in [0, 0.05) is 18.5 Å². The predicted molar refractivity (Wildman–Crippen MR) is 76.1 cm³/mol. The summed E-state index contributed by atoms with van der Waals surface area (Å²) in [6.07, 6.45) is 0.982. The Labute approximate surface area is 115 Å². The number of quaternary nitrogens is 1. The van der Waals surface area contributed by atoms with E-state index < -0.39 is 0 Å². The summed E-state index contributed by atoms with van der Waals surface area (Å²) in [5.74, 6) is 0.949. The van der Waals surface area contributed by atoms with Gasteiger partial charge in [0.2, 0.25) is 0 Å². The van der Waals surface area contributed by atoms with Crippen LogP contribution >= 0.6 is 0 Å². The quantitative estimate of drug-likeness (QED) is 0.779. The molecular weight excluding hydrogens is 240 g/mol. The summed E-state index contributed by atoms with van der Waals surface area (Å²) in [6, 6.07) is 8.27. The molecule has 0 spiro atoms. The van der Waals surface area contributed by atoms with Gasteiger partial charge in [-0.2, -0.15) is 0 Å². The van der Waals surface area contributed by atoms with Crippen LogP contribution in [0.3, 0.4) is 0 Å². The van der Waals surface area contributed by atoms with Crippen molar-refractivity contribution in [3.63, 3.8) is 0 Å². The molecule has 19 heavy (non-hydrogen) atoms. The van der Waals surface area contributed by atoms with Crippen LogP contribution in [0.5, 0.6) is 5.75 Å². The molecule has 0 heterocycles. The maximum atomic E-state index is 11.8. The molecule has 0 saturated heterocycles. The van der Waals surface area contributed by atoms with Gasteiger partial charge in [-0.05, 0) is 38.1 Å². The fraction of sp³-hybridized carbons (Fsp3) is 0.533. The standard InChI is InChI=1S/C15H24N2O2/c1-5-14(17-11(3)15(18)16-6-2)12-7-9-13(19-4)10-8-12/h7-11,14,17H,5-6H2,1-4H3,(H,16,18)/p+1/t11-,14+/m0/s1. The molecule has 0 fully saturated rings. The summed E-state index contributed by atoms with van der Waals surface area (Å²) in [5.41, 5.74) is 1.22. The predicted octanol–water partition coefficient (Wildman–Crippen LogP) is 1.23. The third-order valence-corrected chi connectivity index (χ3v) is 3.27. The topological polar surface area (TPSA) is 54.9 Å². The Hall–Kier alpha value is -1.55. The Bertz CT molecular complexity index is 390. The number of benzene rings is 1. The number of hydrogen-bond acceptors (Lipinski definition) is 2. The van der Waals surface area contributed by atoms with Gasteiger partial charge in [0.15, 0.2) is 6.04 Å². The second-order valence-corrected chi connectivity index (χ2v) is 4.66. The SMILES string of the molecule is CCNC(=O)[C@H](C)[NH2+][C@H](CC)c1ccc(OC)cc1. The Kier molecular flexibility index (Phi) is 6.36. The van der Waals surface area contributed by atoms with Crippen LogP contribution in [0.15, 0.2) is 24.3 Å². The maximum absolute atomic E-state index is 11.8. The van der Waals surface area contributed by atoms with Crippen LogP contribution in [-0.4, -0.2) is 25.6 Å². The lowest BCUT2D eigenvalue weighted by Crippen LogP contribution is -2.92. The first-order valence-corrected chi connectivity index (χ1v) is 6.89. The highest BCUT2D eigenvalue weighted by Crippen LogP contribution is 2.17. The molecule has 3 N–H and O–H groups in total. The number of ether oxygens (including phenoxy) is 1. The number of likely N-dealkylation sites (N-methyl/N-ethyl adjacent to an activating group) is 1. The molecule has 0 unspecified atom stereocenters. The number of amides is 1. The van der Waals surface area contributed by atoms with Crippen molar-refractivity contribution < 1.29 is 14.8 Å². The lowest BCUT2D eigenvalue weighted by atomic mass is 10.0. The van der Waals surface area contributed by atoms with Gasteiger partial charge in [-0.1, -0.05) is 6.92 Å². The highest BCUT2D eigenvalue weighted by atomic mass is 16.5. The third kappa shape index (κ3) is 4.56. The number of rotatable bonds is 7. The van der Waals surface area contributed by atoms with Crippen LogP contribution in [0.25, 0.3) is 0 Å². The monoisotopic (exact) mass is 265 g/mol. The second-order valence-electron chi connectivity index (χ2n) is 4.66. The van der Waals surface area contributed by atoms with Crippen LogP contribution in [0.1, 0.15) is 38.8 Å². The van der Waals surface area contributed by atoms with E-state index in [-0.39, 0.29) is 11.9 Å². The number of carbonyl (C=O) groups is 1. The Morgan fingerprint density at radius 1 is 1.32 bits per heavy atom. The van der Waals surface area contributed by atoms with Crippen molar-refractivity contribution in [1.29, 1.82) is 0 Å². The zero-order valence-corrected chi connectivity index (χ0v) is 12.3. The van der Waals surface area contributed by atoms with Gasteiger partial charge in [-0.3, -0.25) is 4.79 Å². The summed E-state index contributed by atoms with van der Waals surface area (Å²) in [5, 5.41) is 4.97. The van der Waals surface area contributed by atoms with E-state index in [0.29, 0.717) is 12.6 Å². The van der Waals surface area contributed by atoms with E-state index in [4.69, 9.17) is 4.74 Å². The number of nitrogens with one attached hydrogen (secondary N) is 1. The highest BCUT2D eigenvalue weighted by molar-refractivity contribution is 5.79. The molecular formula is C15H25N2O2+. The lowest BCUT2D eigenvalue weighted by molar-refractivity contribution is -0.713. The molecule has 0 aliphatic rings. The van der Waals surface area contributed by atoms with Crippen molar-refractivity contribution in [1.82, 2.24) is 5.32 Å². The van der Waals surface area contributed by atoms with Gasteiger partial charge in [0.05, 0.1) is 7.11 Å². The molecule has 0 bridgehead atoms. The highest BCUT2D eigenvalue weighted by Gasteiger charge is 2.21. The van der Waals surface area contributed by atoms with Crippen LogP contribution < -0.4 is 15.4 Å². The zero-order chi connectivity index (χ0) is 14.3. The van der Waals surface area contributed by atoms with Crippen molar-refractivity contribution in [2.75, 3.05) is 13.7 Å². The van der Waals surface area contributed by atoms with Gasteiger partial charge in [-0.15, -0.1) is 0 Å². The summed E-state index contributed by atoms with van der Waals surface area (Å²) >= 11 is 0. The lowest BCUT2D eigenvalue weighted by Gasteiger charge is -2.19. The van der Waals surface area contributed by atoms with Crippen LogP contribution in [-0.2, 0) is 4.79 Å². The summed E-state index contributed by atoms with van der Waals surface area (Å²) in [4.78, 5) is 11.8. The van der Waals surface area contributed by atoms with Crippen molar-refractivity contribution >= 4 is 5.91 Å². The van der Waals surface area contributed by atoms with E-state index in [1.165, 1.54) is 5.56 Å². The van der Waals surface area contributed by atoms with Crippen molar-refractivity contribution in [3.8, 4) is 5.75 Å². The molecule has 0 saturated carbocycles. The third-order valence-electron chi connectivity index (χ3n) is 3.27. The average molecular weight is 265 g/mol. The Balaban J connectivity index is 2.68. The van der Waals surface area contributed by atoms with E-state index in [0.717, 1.165) is 12.2 Å². The Morgan fingerprint density at radius 3 is 2.42 bits per heavy atom. The number of hydrogen-bond donors (Lipinski definition) is 2. The molecule has 0 aliphatic heterocycles. The fourth-order valence-electron chi connectivity index (χ4n) is 2.11. The van der Waals surface area contributed by atoms with E-state index in [2.05, 4.69) is 29.7 Å². The van der Waals surface area contributed by atoms with Crippen LogP contribution in [0.2, 0.25) is 0 Å². The van der Waals surface area contributed by atoms with E-state index in [1.807, 2.05) is 26.0 Å². The summed E-state index contributed by atoms with van der Waals surface area (Å²) < 4.78 is 5.16. The summed E-state index contributed by atoms with van der Waals surface area (Å²) in [6.45, 7) is 6.69. The van der Waals surface area contributed by atoms with Gasteiger partial charge >= 0.3 is 0 Å². The Morgan fingerprint density at radius 2 is 1.95 bits per heavy atom. The van der Waals surface area contributed by atoms with Gasteiger partial charge in [0.25, 0.3) is 5.91 Å². The first-order chi connectivity index (χ1) is 9.12. The molecule has 4 nitrogen and oxygen atoms in total. The van der Waals surface area contributed by atoms with Gasteiger partial charge < -0.3 is 15.4 Å². The number of nitrogens with two attached hydrogens (primary N) is 1. The normalized spacial score (nSPS) is 13.7. The minimum atomic E-state index is -0.0769. The summed E-state index contributed by atoms with van der Waals surface area (Å²) in [7, 11) is 1.66. The van der Waals surface area contributed by atoms with Crippen LogP contribution in [0, 0.1) is 0 Å². The second kappa shape index (κ2) is 7.79. The van der Waals surface area contributed by atoms with Gasteiger partial charge in [0.1, 0.15) is 11.8 Å². The molecule has 2 atom stereocenters. The van der Waals surface area contributed by atoms with Crippen molar-refractivity contribution in [2.45, 2.75) is 39.3 Å². The number of methoxy groups -OCH3 is 1. The van der Waals surface area contributed by atoms with Gasteiger partial charge in [-0.25, -0.2) is 0 Å². The average Bonchev–Trinajstić information content (AvgIpc) is 2.45. The first kappa shape index (κ1) is 15.5. The first-order valence-electron chi connectivity index (χ1n) is 6.89. The van der Waals surface area contributed by atoms with Crippen LogP contribution in [0.4, 0.5) is 0 Å². The fourth-order valence-corrected chi connectivity index (χ4v) is 2.11. The molecule has 106 valence electrons. The molecule has 1 amide bonds. The molecule has 1 rings (SSSR count). The largest absolute Gasteiger partial charge is 0.497 e. The molecule has 0 aromatic heterocycles. The van der Waals surface area contributed by atoms with Crippen molar-refractivity contribution in [2.24, 2.45) is 0 Å². The zero-order valence-electron chi connectivity index (χ0n) is 12.3. The van der Waals surface area contributed by atoms with E-state index in [9.17, 15) is 4.79 Å². The smallest absolute Gasteiger partial charge is 0.277 e. The number of carbonyl (C=O) groups excluding carboxylic acids is 1. The molecule has 0 radical (unpaired) electrons. The minimum Gasteiger partial charge on any atom is -0.497 e.